The minimum Gasteiger partial charge on any atom is -0.305 e. The van der Waals surface area contributed by atoms with Gasteiger partial charge in [0.2, 0.25) is 0 Å². The molecule has 0 unspecified atom stereocenters. The predicted molar refractivity (Wildman–Crippen MR) is 65.9 cm³/mol. The number of piperidine rings is 1. The van der Waals surface area contributed by atoms with Crippen LogP contribution in [-0.4, -0.2) is 30.0 Å². The van der Waals surface area contributed by atoms with Gasteiger partial charge in [-0.1, -0.05) is 12.1 Å². The molecule has 2 aliphatic rings. The lowest BCUT2D eigenvalue weighted by molar-refractivity contribution is 0.170. The zero-order valence-electron chi connectivity index (χ0n) is 9.76. The molecule has 0 amide bonds. The lowest BCUT2D eigenvalue weighted by Crippen LogP contribution is -2.39. The van der Waals surface area contributed by atoms with Crippen molar-refractivity contribution in [1.29, 1.82) is 0 Å². The smallest absolute Gasteiger partial charge is 0.0342 e. The minimum absolute atomic E-state index is 0.757. The Bertz CT molecular complexity index is 396. The van der Waals surface area contributed by atoms with Gasteiger partial charge in [-0.2, -0.15) is 0 Å². The van der Waals surface area contributed by atoms with Crippen molar-refractivity contribution in [2.75, 3.05) is 20.1 Å². The van der Waals surface area contributed by atoms with E-state index in [0.29, 0.717) is 0 Å². The zero-order chi connectivity index (χ0) is 11.0. The van der Waals surface area contributed by atoms with Gasteiger partial charge in [0.1, 0.15) is 0 Å². The van der Waals surface area contributed by atoms with E-state index in [4.69, 9.17) is 0 Å². The van der Waals surface area contributed by atoms with Crippen molar-refractivity contribution >= 4 is 5.57 Å². The summed E-state index contributed by atoms with van der Waals surface area (Å²) in [6.45, 7) is 2.48. The van der Waals surface area contributed by atoms with Gasteiger partial charge in [0.15, 0.2) is 0 Å². The molecule has 16 heavy (non-hydrogen) atoms. The lowest BCUT2D eigenvalue weighted by atomic mass is 9.77. The Morgan fingerprint density at radius 3 is 3.06 bits per heavy atom. The number of nitrogens with zero attached hydrogens (tertiary/aromatic N) is 2. The first kappa shape index (κ1) is 10.0. The maximum absolute atomic E-state index is 4.22. The zero-order valence-corrected chi connectivity index (χ0v) is 9.76. The average molecular weight is 214 g/mol. The van der Waals surface area contributed by atoms with Crippen molar-refractivity contribution in [3.05, 3.63) is 36.2 Å². The van der Waals surface area contributed by atoms with Crippen LogP contribution in [0.15, 0.2) is 30.6 Å². The van der Waals surface area contributed by atoms with Crippen LogP contribution in [0.4, 0.5) is 0 Å². The van der Waals surface area contributed by atoms with Crippen molar-refractivity contribution in [1.82, 2.24) is 9.88 Å². The molecule has 2 atom stereocenters. The third-order valence-electron chi connectivity index (χ3n) is 3.73. The van der Waals surface area contributed by atoms with Crippen molar-refractivity contribution < 1.29 is 0 Å². The van der Waals surface area contributed by atoms with E-state index < -0.39 is 0 Å². The van der Waals surface area contributed by atoms with E-state index in [0.717, 1.165) is 11.8 Å². The van der Waals surface area contributed by atoms with E-state index in [2.05, 4.69) is 29.1 Å². The van der Waals surface area contributed by atoms with Crippen LogP contribution in [0.3, 0.4) is 0 Å². The van der Waals surface area contributed by atoms with Crippen molar-refractivity contribution in [2.24, 2.45) is 11.8 Å². The summed E-state index contributed by atoms with van der Waals surface area (Å²) < 4.78 is 0. The summed E-state index contributed by atoms with van der Waals surface area (Å²) in [7, 11) is 2.24. The Balaban J connectivity index is 1.88. The standard InChI is InChI=1S/C14H18N2/c1-16-9-11-5-12(10-16)7-14(6-11)13-3-2-4-15-8-13/h2-4,6,8,11-12H,5,7,9-10H2,1H3/t11-,12+/m1/s1. The molecular weight excluding hydrogens is 196 g/mol. The van der Waals surface area contributed by atoms with Gasteiger partial charge in [0.05, 0.1) is 0 Å². The first-order chi connectivity index (χ1) is 7.81. The fraction of sp³-hybridized carbons (Fsp3) is 0.500. The highest BCUT2D eigenvalue weighted by Gasteiger charge is 2.29. The van der Waals surface area contributed by atoms with Crippen LogP contribution in [0.2, 0.25) is 0 Å². The summed E-state index contributed by atoms with van der Waals surface area (Å²) in [6.07, 6.45) is 8.93. The molecule has 0 radical (unpaired) electrons. The fourth-order valence-electron chi connectivity index (χ4n) is 3.19. The molecule has 1 aliphatic carbocycles. The molecule has 2 nitrogen and oxygen atoms in total. The Kier molecular flexibility index (Phi) is 2.52. The van der Waals surface area contributed by atoms with Crippen molar-refractivity contribution in [2.45, 2.75) is 12.8 Å². The Hall–Kier alpha value is -1.15. The van der Waals surface area contributed by atoms with Crippen LogP contribution in [0, 0.1) is 11.8 Å². The number of aromatic nitrogens is 1. The monoisotopic (exact) mass is 214 g/mol. The third-order valence-corrected chi connectivity index (χ3v) is 3.73. The van der Waals surface area contributed by atoms with Crippen LogP contribution in [0.25, 0.3) is 5.57 Å². The van der Waals surface area contributed by atoms with Crippen LogP contribution in [0.1, 0.15) is 18.4 Å². The third kappa shape index (κ3) is 1.90. The quantitative estimate of drug-likeness (QED) is 0.714. The number of pyridine rings is 1. The molecule has 3 rings (SSSR count). The second-order valence-electron chi connectivity index (χ2n) is 5.22. The van der Waals surface area contributed by atoms with Gasteiger partial charge >= 0.3 is 0 Å². The number of hydrogen-bond acceptors (Lipinski definition) is 2. The average Bonchev–Trinajstić information content (AvgIpc) is 2.28. The molecule has 2 heterocycles. The largest absolute Gasteiger partial charge is 0.305 e. The van der Waals surface area contributed by atoms with E-state index in [1.807, 2.05) is 18.5 Å². The molecule has 0 N–H and O–H groups in total. The normalized spacial score (nSPS) is 29.9. The van der Waals surface area contributed by atoms with Gasteiger partial charge < -0.3 is 4.90 Å². The van der Waals surface area contributed by atoms with Crippen LogP contribution in [-0.2, 0) is 0 Å². The number of likely N-dealkylation sites (tertiary alicyclic amines) is 1. The Morgan fingerprint density at radius 2 is 2.31 bits per heavy atom. The van der Waals surface area contributed by atoms with E-state index in [9.17, 15) is 0 Å². The second kappa shape index (κ2) is 4.02. The van der Waals surface area contributed by atoms with E-state index >= 15 is 0 Å². The van der Waals surface area contributed by atoms with Crippen molar-refractivity contribution in [3.63, 3.8) is 0 Å². The summed E-state index contributed by atoms with van der Waals surface area (Å²) in [4.78, 5) is 6.69. The number of rotatable bonds is 1. The first-order valence-corrected chi connectivity index (χ1v) is 6.11. The minimum atomic E-state index is 0.757. The highest BCUT2D eigenvalue weighted by atomic mass is 15.1. The summed E-state index contributed by atoms with van der Waals surface area (Å²) >= 11 is 0. The molecule has 0 spiro atoms. The second-order valence-corrected chi connectivity index (χ2v) is 5.22. The number of allylic oxidation sites excluding steroid dienone is 1. The fourth-order valence-corrected chi connectivity index (χ4v) is 3.19. The van der Waals surface area contributed by atoms with Gasteiger partial charge in [-0.15, -0.1) is 0 Å². The number of fused-ring (bicyclic) bond motifs is 2. The molecule has 1 fully saturated rings. The molecule has 1 aromatic heterocycles. The van der Waals surface area contributed by atoms with E-state index in [1.165, 1.54) is 37.1 Å². The number of hydrogen-bond donors (Lipinski definition) is 0. The molecule has 2 bridgehead atoms. The van der Waals surface area contributed by atoms with Gasteiger partial charge in [-0.25, -0.2) is 0 Å². The predicted octanol–water partition coefficient (Wildman–Crippen LogP) is 2.44. The molecule has 0 aromatic carbocycles. The van der Waals surface area contributed by atoms with Gasteiger partial charge in [-0.3, -0.25) is 4.98 Å². The highest BCUT2D eigenvalue weighted by Crippen LogP contribution is 2.37. The molecule has 1 aliphatic heterocycles. The summed E-state index contributed by atoms with van der Waals surface area (Å²) in [5.74, 6) is 1.61. The molecule has 1 saturated heterocycles. The van der Waals surface area contributed by atoms with Gasteiger partial charge in [0.25, 0.3) is 0 Å². The molecule has 0 saturated carbocycles. The maximum atomic E-state index is 4.22. The van der Waals surface area contributed by atoms with E-state index in [1.54, 1.807) is 0 Å². The Morgan fingerprint density at radius 1 is 1.38 bits per heavy atom. The molecule has 1 aromatic rings. The van der Waals surface area contributed by atoms with Crippen molar-refractivity contribution in [3.8, 4) is 0 Å². The van der Waals surface area contributed by atoms with Crippen LogP contribution >= 0.6 is 0 Å². The Labute approximate surface area is 97.0 Å². The topological polar surface area (TPSA) is 16.1 Å². The molecular formula is C14H18N2. The molecule has 2 heteroatoms. The van der Waals surface area contributed by atoms with E-state index in [-0.39, 0.29) is 0 Å². The highest BCUT2D eigenvalue weighted by molar-refractivity contribution is 5.66. The summed E-state index contributed by atoms with van der Waals surface area (Å²) in [5.41, 5.74) is 2.84. The van der Waals surface area contributed by atoms with Crippen LogP contribution in [0.5, 0.6) is 0 Å². The van der Waals surface area contributed by atoms with Gasteiger partial charge in [-0.05, 0) is 48.9 Å². The first-order valence-electron chi connectivity index (χ1n) is 6.11. The van der Waals surface area contributed by atoms with Gasteiger partial charge in [0, 0.05) is 25.5 Å². The summed E-state index contributed by atoms with van der Waals surface area (Å²) in [5, 5.41) is 0. The lowest BCUT2D eigenvalue weighted by Gasteiger charge is -2.38. The maximum Gasteiger partial charge on any atom is 0.0342 e. The SMILES string of the molecule is CN1C[C@H]2C=C(c3cccnc3)C[C@H](C2)C1. The summed E-state index contributed by atoms with van der Waals surface area (Å²) in [6, 6.07) is 4.22. The van der Waals surface area contributed by atoms with Crippen LogP contribution < -0.4 is 0 Å². The molecule has 84 valence electrons.